The second-order valence-electron chi connectivity index (χ2n) is 4.67. The minimum absolute atomic E-state index is 0.128. The molecule has 0 aromatic heterocycles. The van der Waals surface area contributed by atoms with Gasteiger partial charge in [0.1, 0.15) is 0 Å². The van der Waals surface area contributed by atoms with Gasteiger partial charge in [-0.2, -0.15) is 8.78 Å². The summed E-state index contributed by atoms with van der Waals surface area (Å²) in [5.41, 5.74) is 3.48. The highest BCUT2D eigenvalue weighted by atomic mass is 19.3. The molecular formula is C15H12F2. The maximum absolute atomic E-state index is 14.2. The van der Waals surface area contributed by atoms with Gasteiger partial charge in [-0.3, -0.25) is 0 Å². The summed E-state index contributed by atoms with van der Waals surface area (Å²) in [5, 5.41) is 0. The van der Waals surface area contributed by atoms with Crippen molar-refractivity contribution in [1.29, 1.82) is 0 Å². The molecule has 1 aliphatic rings. The number of rotatable bonds is 0. The van der Waals surface area contributed by atoms with E-state index >= 15 is 0 Å². The first-order valence-corrected chi connectivity index (χ1v) is 5.60. The number of hydrogen-bond donors (Lipinski definition) is 0. The lowest BCUT2D eigenvalue weighted by molar-refractivity contribution is 0.0479. The number of halogens is 2. The van der Waals surface area contributed by atoms with Crippen LogP contribution in [0.4, 0.5) is 8.78 Å². The zero-order valence-electron chi connectivity index (χ0n) is 9.72. The second-order valence-corrected chi connectivity index (χ2v) is 4.67. The Morgan fingerprint density at radius 3 is 2.18 bits per heavy atom. The van der Waals surface area contributed by atoms with Gasteiger partial charge in [0.05, 0.1) is 0 Å². The SMILES string of the molecule is Cc1ccc2c(c1)-c1ccc(C)cc1C2(F)F. The molecule has 3 rings (SSSR count). The molecule has 0 bridgehead atoms. The smallest absolute Gasteiger partial charge is 0.196 e. The molecular weight excluding hydrogens is 218 g/mol. The molecule has 0 nitrogen and oxygen atoms in total. The molecule has 2 aromatic rings. The minimum Gasteiger partial charge on any atom is -0.196 e. The van der Waals surface area contributed by atoms with E-state index in [4.69, 9.17) is 0 Å². The van der Waals surface area contributed by atoms with Gasteiger partial charge in [0.25, 0.3) is 5.92 Å². The van der Waals surface area contributed by atoms with Gasteiger partial charge >= 0.3 is 0 Å². The van der Waals surface area contributed by atoms with Gasteiger partial charge in [0.2, 0.25) is 0 Å². The predicted octanol–water partition coefficient (Wildman–Crippen LogP) is 4.42. The molecule has 0 saturated heterocycles. The molecule has 0 fully saturated rings. The number of alkyl halides is 2. The molecule has 0 atom stereocenters. The third kappa shape index (κ3) is 1.33. The lowest BCUT2D eigenvalue weighted by Gasteiger charge is -2.12. The van der Waals surface area contributed by atoms with E-state index in [1.54, 1.807) is 24.3 Å². The van der Waals surface area contributed by atoms with Crippen molar-refractivity contribution >= 4 is 0 Å². The van der Waals surface area contributed by atoms with E-state index < -0.39 is 5.92 Å². The molecule has 17 heavy (non-hydrogen) atoms. The van der Waals surface area contributed by atoms with Crippen LogP contribution in [0.5, 0.6) is 0 Å². The molecule has 0 unspecified atom stereocenters. The maximum Gasteiger partial charge on any atom is 0.299 e. The van der Waals surface area contributed by atoms with Crippen LogP contribution in [0.3, 0.4) is 0 Å². The van der Waals surface area contributed by atoms with E-state index in [9.17, 15) is 8.78 Å². The monoisotopic (exact) mass is 230 g/mol. The normalized spacial score (nSPS) is 15.5. The van der Waals surface area contributed by atoms with Crippen molar-refractivity contribution < 1.29 is 8.78 Å². The third-order valence-corrected chi connectivity index (χ3v) is 3.32. The molecule has 0 spiro atoms. The quantitative estimate of drug-likeness (QED) is 0.628. The fraction of sp³-hybridized carbons (Fsp3) is 0.200. The van der Waals surface area contributed by atoms with Crippen LogP contribution in [0, 0.1) is 13.8 Å². The molecule has 0 N–H and O–H groups in total. The van der Waals surface area contributed by atoms with Crippen LogP contribution in [0.2, 0.25) is 0 Å². The minimum atomic E-state index is -2.86. The van der Waals surface area contributed by atoms with Crippen molar-refractivity contribution in [1.82, 2.24) is 0 Å². The van der Waals surface area contributed by atoms with Crippen LogP contribution in [0.1, 0.15) is 22.3 Å². The molecule has 0 aliphatic heterocycles. The topological polar surface area (TPSA) is 0 Å². The first-order valence-electron chi connectivity index (χ1n) is 5.60. The zero-order chi connectivity index (χ0) is 12.2. The van der Waals surface area contributed by atoms with Gasteiger partial charge in [-0.05, 0) is 31.0 Å². The van der Waals surface area contributed by atoms with E-state index in [0.717, 1.165) is 11.1 Å². The average molecular weight is 230 g/mol. The van der Waals surface area contributed by atoms with Gasteiger partial charge in [0.15, 0.2) is 0 Å². The van der Waals surface area contributed by atoms with Gasteiger partial charge in [-0.1, -0.05) is 41.5 Å². The molecule has 1 aliphatic carbocycles. The highest BCUT2D eigenvalue weighted by Crippen LogP contribution is 2.51. The van der Waals surface area contributed by atoms with Gasteiger partial charge in [-0.15, -0.1) is 0 Å². The van der Waals surface area contributed by atoms with Crippen molar-refractivity contribution in [2.75, 3.05) is 0 Å². The summed E-state index contributed by atoms with van der Waals surface area (Å²) in [6, 6.07) is 10.4. The summed E-state index contributed by atoms with van der Waals surface area (Å²) in [6.45, 7) is 3.76. The van der Waals surface area contributed by atoms with Gasteiger partial charge < -0.3 is 0 Å². The second kappa shape index (κ2) is 3.16. The van der Waals surface area contributed by atoms with Crippen molar-refractivity contribution in [2.24, 2.45) is 0 Å². The summed E-state index contributed by atoms with van der Waals surface area (Å²) in [5.74, 6) is -2.86. The zero-order valence-corrected chi connectivity index (χ0v) is 9.72. The Balaban J connectivity index is 2.38. The number of benzene rings is 2. The van der Waals surface area contributed by atoms with Crippen LogP contribution in [0.15, 0.2) is 36.4 Å². The Hall–Kier alpha value is -1.70. The standard InChI is InChI=1S/C15H12F2/c1-9-4-6-13-12(7-9)11-5-3-10(2)8-14(11)15(13,16)17/h3-8H,1-2H3. The van der Waals surface area contributed by atoms with Crippen molar-refractivity contribution in [3.05, 3.63) is 58.7 Å². The van der Waals surface area contributed by atoms with Crippen LogP contribution in [-0.4, -0.2) is 0 Å². The highest BCUT2D eigenvalue weighted by Gasteiger charge is 2.44. The van der Waals surface area contributed by atoms with Crippen molar-refractivity contribution in [2.45, 2.75) is 19.8 Å². The van der Waals surface area contributed by atoms with Crippen LogP contribution in [-0.2, 0) is 5.92 Å². The van der Waals surface area contributed by atoms with E-state index in [1.807, 2.05) is 26.0 Å². The van der Waals surface area contributed by atoms with Crippen molar-refractivity contribution in [3.63, 3.8) is 0 Å². The summed E-state index contributed by atoms with van der Waals surface area (Å²) in [4.78, 5) is 0. The van der Waals surface area contributed by atoms with Crippen LogP contribution >= 0.6 is 0 Å². The largest absolute Gasteiger partial charge is 0.299 e. The lowest BCUT2D eigenvalue weighted by atomic mass is 10.0. The molecule has 2 aromatic carbocycles. The first-order chi connectivity index (χ1) is 8.00. The Morgan fingerprint density at radius 1 is 0.765 bits per heavy atom. The molecule has 0 amide bonds. The Kier molecular flexibility index (Phi) is 1.94. The van der Waals surface area contributed by atoms with Crippen LogP contribution in [0.25, 0.3) is 11.1 Å². The summed E-state index contributed by atoms with van der Waals surface area (Å²) < 4.78 is 28.5. The molecule has 0 radical (unpaired) electrons. The summed E-state index contributed by atoms with van der Waals surface area (Å²) >= 11 is 0. The first kappa shape index (κ1) is 10.5. The van der Waals surface area contributed by atoms with Crippen molar-refractivity contribution in [3.8, 4) is 11.1 Å². The molecule has 86 valence electrons. The maximum atomic E-state index is 14.2. The van der Waals surface area contributed by atoms with E-state index in [1.165, 1.54) is 0 Å². The highest BCUT2D eigenvalue weighted by molar-refractivity contribution is 5.80. The predicted molar refractivity (Wildman–Crippen MR) is 64.3 cm³/mol. The average Bonchev–Trinajstić information content (AvgIpc) is 2.48. The number of hydrogen-bond acceptors (Lipinski definition) is 0. The molecule has 0 heterocycles. The Labute approximate surface area is 98.9 Å². The fourth-order valence-electron chi connectivity index (χ4n) is 2.45. The number of fused-ring (bicyclic) bond motifs is 3. The number of aryl methyl sites for hydroxylation is 2. The Bertz CT molecular complexity index is 612. The van der Waals surface area contributed by atoms with Gasteiger partial charge in [0, 0.05) is 11.1 Å². The summed E-state index contributed by atoms with van der Waals surface area (Å²) in [6.07, 6.45) is 0. The van der Waals surface area contributed by atoms with E-state index in [0.29, 0.717) is 11.1 Å². The van der Waals surface area contributed by atoms with Gasteiger partial charge in [-0.25, -0.2) is 0 Å². The lowest BCUT2D eigenvalue weighted by Crippen LogP contribution is -2.10. The molecule has 0 saturated carbocycles. The Morgan fingerprint density at radius 2 is 1.41 bits per heavy atom. The molecule has 2 heteroatoms. The van der Waals surface area contributed by atoms with Crippen LogP contribution < -0.4 is 0 Å². The van der Waals surface area contributed by atoms with E-state index in [2.05, 4.69) is 0 Å². The summed E-state index contributed by atoms with van der Waals surface area (Å²) in [7, 11) is 0. The fourth-order valence-corrected chi connectivity index (χ4v) is 2.45. The third-order valence-electron chi connectivity index (χ3n) is 3.32. The van der Waals surface area contributed by atoms with E-state index in [-0.39, 0.29) is 11.1 Å².